The standard InChI is InChI=1S/C67H113NO8/c1-6-8-10-12-14-16-18-20-21-22-23-24-25-26-27-28-29-30-31-32-33-34-35-36-37-38-39-40-41-42-43-44-45-46-48-50-52-54-56-58-65(70)76-63(62-75-67(66(71)72)73-60-59-68(3,4)5)61-74-64(69)57-55-53-51-49-47-19-17-15-13-11-9-7-2/h8,10,14-17,20-21,23-24,26-27,29-30,32-33,35-36,63,67H,6-7,9,11-13,18-19,22,25,28,31,34,37-62H2,1-5H3/b10-8-,16-14-,17-15-,21-20-,24-23-,27-26-,30-29-,33-32-,36-35-. The molecule has 76 heavy (non-hydrogen) atoms. The summed E-state index contributed by atoms with van der Waals surface area (Å²) in [4.78, 5) is 37.2. The van der Waals surface area contributed by atoms with Crippen molar-refractivity contribution in [1.29, 1.82) is 0 Å². The van der Waals surface area contributed by atoms with Crippen LogP contribution < -0.4 is 5.11 Å². The fraction of sp³-hybridized carbons (Fsp3) is 0.687. The molecule has 2 atom stereocenters. The zero-order valence-corrected chi connectivity index (χ0v) is 49.3. The van der Waals surface area contributed by atoms with Crippen molar-refractivity contribution in [1.82, 2.24) is 0 Å². The highest BCUT2D eigenvalue weighted by atomic mass is 16.7. The molecule has 0 N–H and O–H groups in total. The number of carboxylic acid groups (broad SMARTS) is 1. The minimum absolute atomic E-state index is 0.143. The number of hydrogen-bond donors (Lipinski definition) is 0. The highest BCUT2D eigenvalue weighted by molar-refractivity contribution is 5.70. The molecular weight excluding hydrogens is 947 g/mol. The normalized spacial score (nSPS) is 13.5. The van der Waals surface area contributed by atoms with Crippen molar-refractivity contribution in [2.24, 2.45) is 0 Å². The van der Waals surface area contributed by atoms with Crippen LogP contribution in [0.2, 0.25) is 0 Å². The third-order valence-electron chi connectivity index (χ3n) is 12.8. The number of esters is 2. The Kier molecular flexibility index (Phi) is 54.1. The molecule has 0 amide bonds. The van der Waals surface area contributed by atoms with E-state index in [1.807, 2.05) is 21.1 Å². The van der Waals surface area contributed by atoms with Gasteiger partial charge in [0.25, 0.3) is 0 Å². The van der Waals surface area contributed by atoms with Gasteiger partial charge in [0.2, 0.25) is 0 Å². The molecule has 2 unspecified atom stereocenters. The summed E-state index contributed by atoms with van der Waals surface area (Å²) >= 11 is 0. The smallest absolute Gasteiger partial charge is 0.306 e. The molecule has 9 nitrogen and oxygen atoms in total. The van der Waals surface area contributed by atoms with Crippen molar-refractivity contribution in [3.05, 3.63) is 109 Å². The molecule has 0 saturated carbocycles. The predicted octanol–water partition coefficient (Wildman–Crippen LogP) is 17.0. The minimum atomic E-state index is -1.63. The summed E-state index contributed by atoms with van der Waals surface area (Å²) in [5.74, 6) is -2.30. The van der Waals surface area contributed by atoms with E-state index in [9.17, 15) is 19.5 Å². The first kappa shape index (κ1) is 72.0. The van der Waals surface area contributed by atoms with Crippen molar-refractivity contribution in [3.63, 3.8) is 0 Å². The van der Waals surface area contributed by atoms with E-state index in [2.05, 4.69) is 123 Å². The number of ether oxygens (including phenoxy) is 4. The summed E-state index contributed by atoms with van der Waals surface area (Å²) in [6, 6.07) is 0. The Hall–Kier alpha value is -4.05. The van der Waals surface area contributed by atoms with Crippen LogP contribution in [-0.4, -0.2) is 82.3 Å². The lowest BCUT2D eigenvalue weighted by atomic mass is 10.0. The van der Waals surface area contributed by atoms with E-state index < -0.39 is 24.3 Å². The zero-order chi connectivity index (χ0) is 55.5. The summed E-state index contributed by atoms with van der Waals surface area (Å²) in [5.41, 5.74) is 0. The number of hydrogen-bond acceptors (Lipinski definition) is 8. The van der Waals surface area contributed by atoms with Crippen LogP contribution in [0.15, 0.2) is 109 Å². The van der Waals surface area contributed by atoms with Gasteiger partial charge in [-0.3, -0.25) is 9.59 Å². The SMILES string of the molecule is CC/C=C\C/C=C\C/C=C\C/C=C\C/C=C\C/C=C\C/C=C\C/C=C\CCCCCCCCCCCCCCCCC(=O)OC(COC(=O)CCCCCCC/C=C\CCCCC)COC(OCC[N+](C)(C)C)C(=O)[O-]. The monoisotopic (exact) mass is 1060 g/mol. The number of likely N-dealkylation sites (N-methyl/N-ethyl adjacent to an activating group) is 1. The largest absolute Gasteiger partial charge is 0.545 e. The number of unbranched alkanes of at least 4 members (excludes halogenated alkanes) is 22. The van der Waals surface area contributed by atoms with Crippen molar-refractivity contribution in [2.45, 2.75) is 251 Å². The molecule has 0 aliphatic rings. The third-order valence-corrected chi connectivity index (χ3v) is 12.8. The Morgan fingerprint density at radius 3 is 1.13 bits per heavy atom. The first-order chi connectivity index (χ1) is 37.1. The lowest BCUT2D eigenvalue weighted by molar-refractivity contribution is -0.870. The molecule has 0 saturated heterocycles. The first-order valence-corrected chi connectivity index (χ1v) is 30.5. The number of carboxylic acids is 1. The maximum atomic E-state index is 12.9. The molecular formula is C67H113NO8. The van der Waals surface area contributed by atoms with Crippen molar-refractivity contribution < 1.29 is 42.9 Å². The van der Waals surface area contributed by atoms with Crippen LogP contribution in [0.1, 0.15) is 239 Å². The van der Waals surface area contributed by atoms with Crippen LogP contribution in [-0.2, 0) is 33.3 Å². The van der Waals surface area contributed by atoms with Gasteiger partial charge in [0.15, 0.2) is 12.4 Å². The molecule has 0 rings (SSSR count). The van der Waals surface area contributed by atoms with Crippen LogP contribution in [0.3, 0.4) is 0 Å². The number of allylic oxidation sites excluding steroid dienone is 18. The highest BCUT2D eigenvalue weighted by Gasteiger charge is 2.22. The molecule has 434 valence electrons. The zero-order valence-electron chi connectivity index (χ0n) is 49.3. The lowest BCUT2D eigenvalue weighted by Gasteiger charge is -2.26. The van der Waals surface area contributed by atoms with E-state index in [-0.39, 0.29) is 38.6 Å². The van der Waals surface area contributed by atoms with Gasteiger partial charge in [-0.15, -0.1) is 0 Å². The Bertz CT molecular complexity index is 1610. The average Bonchev–Trinajstić information content (AvgIpc) is 3.39. The Morgan fingerprint density at radius 1 is 0.408 bits per heavy atom. The van der Waals surface area contributed by atoms with Crippen LogP contribution >= 0.6 is 0 Å². The first-order valence-electron chi connectivity index (χ1n) is 30.5. The summed E-state index contributed by atoms with van der Waals surface area (Å²) < 4.78 is 22.6. The van der Waals surface area contributed by atoms with Gasteiger partial charge in [-0.25, -0.2) is 0 Å². The quantitative estimate of drug-likeness (QED) is 0.0195. The van der Waals surface area contributed by atoms with Gasteiger partial charge in [-0.1, -0.05) is 232 Å². The summed E-state index contributed by atoms with van der Waals surface area (Å²) in [6.07, 6.45) is 75.9. The number of carbonyl (C=O) groups excluding carboxylic acids is 3. The Morgan fingerprint density at radius 2 is 0.750 bits per heavy atom. The van der Waals surface area contributed by atoms with Crippen LogP contribution in [0.4, 0.5) is 0 Å². The van der Waals surface area contributed by atoms with E-state index in [1.54, 1.807) is 0 Å². The fourth-order valence-electron chi connectivity index (χ4n) is 8.08. The second kappa shape index (κ2) is 57.1. The molecule has 9 heteroatoms. The van der Waals surface area contributed by atoms with Crippen LogP contribution in [0.25, 0.3) is 0 Å². The molecule has 0 bridgehead atoms. The molecule has 0 aromatic rings. The third kappa shape index (κ3) is 57.7. The number of rotatable bonds is 55. The second-order valence-corrected chi connectivity index (χ2v) is 21.3. The van der Waals surface area contributed by atoms with Gasteiger partial charge < -0.3 is 33.3 Å². The van der Waals surface area contributed by atoms with E-state index in [0.29, 0.717) is 17.4 Å². The van der Waals surface area contributed by atoms with E-state index >= 15 is 0 Å². The molecule has 0 radical (unpaired) electrons. The second-order valence-electron chi connectivity index (χ2n) is 21.3. The van der Waals surface area contributed by atoms with Gasteiger partial charge in [0.05, 0.1) is 40.3 Å². The molecule has 0 spiro atoms. The summed E-state index contributed by atoms with van der Waals surface area (Å²) in [7, 11) is 5.91. The number of carbonyl (C=O) groups is 3. The van der Waals surface area contributed by atoms with E-state index in [1.165, 1.54) is 96.3 Å². The van der Waals surface area contributed by atoms with Gasteiger partial charge >= 0.3 is 11.9 Å². The molecule has 0 fully saturated rings. The van der Waals surface area contributed by atoms with Crippen LogP contribution in [0, 0.1) is 0 Å². The van der Waals surface area contributed by atoms with Crippen molar-refractivity contribution >= 4 is 17.9 Å². The van der Waals surface area contributed by atoms with Crippen molar-refractivity contribution in [3.8, 4) is 0 Å². The number of quaternary nitrogens is 1. The van der Waals surface area contributed by atoms with Crippen LogP contribution in [0.5, 0.6) is 0 Å². The van der Waals surface area contributed by atoms with E-state index in [0.717, 1.165) is 109 Å². The van der Waals surface area contributed by atoms with Gasteiger partial charge in [0, 0.05) is 12.8 Å². The Labute approximate surface area is 466 Å². The summed E-state index contributed by atoms with van der Waals surface area (Å²) in [6.45, 7) is 4.59. The fourth-order valence-corrected chi connectivity index (χ4v) is 8.08. The maximum Gasteiger partial charge on any atom is 0.306 e. The minimum Gasteiger partial charge on any atom is -0.545 e. The van der Waals surface area contributed by atoms with Crippen molar-refractivity contribution in [2.75, 3.05) is 47.5 Å². The maximum absolute atomic E-state index is 12.9. The lowest BCUT2D eigenvalue weighted by Crippen LogP contribution is -2.44. The molecule has 0 aliphatic heterocycles. The highest BCUT2D eigenvalue weighted by Crippen LogP contribution is 2.16. The number of nitrogens with zero attached hydrogens (tertiary/aromatic N) is 1. The average molecular weight is 1060 g/mol. The summed E-state index contributed by atoms with van der Waals surface area (Å²) in [5, 5.41) is 11.8. The van der Waals surface area contributed by atoms with E-state index in [4.69, 9.17) is 18.9 Å². The topological polar surface area (TPSA) is 111 Å². The molecule has 0 heterocycles. The molecule has 0 aliphatic carbocycles. The molecule has 0 aromatic carbocycles. The number of aliphatic carboxylic acids is 1. The van der Waals surface area contributed by atoms with Gasteiger partial charge in [0.1, 0.15) is 13.2 Å². The van der Waals surface area contributed by atoms with Gasteiger partial charge in [-0.2, -0.15) is 0 Å². The van der Waals surface area contributed by atoms with Gasteiger partial charge in [-0.05, 0) is 103 Å². The predicted molar refractivity (Wildman–Crippen MR) is 320 cm³/mol. The Balaban J connectivity index is 4.06. The molecule has 0 aromatic heterocycles.